The Hall–Kier alpha value is -1.17. The fourth-order valence-electron chi connectivity index (χ4n) is 2.40. The van der Waals surface area contributed by atoms with Crippen molar-refractivity contribution >= 4 is 36.4 Å². The van der Waals surface area contributed by atoms with E-state index in [0.717, 1.165) is 48.7 Å². The Balaban J connectivity index is 0.00000312. The van der Waals surface area contributed by atoms with Gasteiger partial charge in [-0.15, -0.1) is 24.8 Å². The second kappa shape index (κ2) is 14.0. The first-order valence-electron chi connectivity index (χ1n) is 8.13. The average Bonchev–Trinajstić information content (AvgIpc) is 2.61. The van der Waals surface area contributed by atoms with Crippen molar-refractivity contribution in [2.75, 3.05) is 27.2 Å². The van der Waals surface area contributed by atoms with Gasteiger partial charge in [0.1, 0.15) is 6.61 Å². The van der Waals surface area contributed by atoms with Crippen LogP contribution in [0.3, 0.4) is 0 Å². The van der Waals surface area contributed by atoms with Gasteiger partial charge in [-0.2, -0.15) is 0 Å². The van der Waals surface area contributed by atoms with Gasteiger partial charge in [0.05, 0.1) is 7.11 Å². The van der Waals surface area contributed by atoms with Gasteiger partial charge in [-0.1, -0.05) is 41.9 Å². The van der Waals surface area contributed by atoms with Crippen LogP contribution in [0.1, 0.15) is 17.5 Å². The standard InChI is InChI=1S/C19H25ClN2O2.2ClH/c1-21-11-6-12-22-13-15-8-5-10-18(23-2)19(15)24-14-16-7-3-4-9-17(16)20;;/h3-5,7-10,21-22H,6,11-14H2,1-2H3;2*1H. The maximum atomic E-state index is 6.21. The minimum absolute atomic E-state index is 0. The van der Waals surface area contributed by atoms with E-state index in [1.54, 1.807) is 7.11 Å². The third-order valence-electron chi connectivity index (χ3n) is 3.71. The van der Waals surface area contributed by atoms with Crippen molar-refractivity contribution in [3.63, 3.8) is 0 Å². The molecule has 0 amide bonds. The van der Waals surface area contributed by atoms with Gasteiger partial charge in [0, 0.05) is 22.7 Å². The first-order chi connectivity index (χ1) is 11.8. The summed E-state index contributed by atoms with van der Waals surface area (Å²) >= 11 is 6.21. The zero-order valence-corrected chi connectivity index (χ0v) is 17.5. The summed E-state index contributed by atoms with van der Waals surface area (Å²) in [4.78, 5) is 0. The number of methoxy groups -OCH3 is 1. The van der Waals surface area contributed by atoms with Crippen LogP contribution in [-0.4, -0.2) is 27.2 Å². The number of hydrogen-bond donors (Lipinski definition) is 2. The largest absolute Gasteiger partial charge is 0.493 e. The van der Waals surface area contributed by atoms with E-state index < -0.39 is 0 Å². The van der Waals surface area contributed by atoms with Gasteiger partial charge < -0.3 is 20.1 Å². The Bertz CT molecular complexity index is 642. The second-order valence-electron chi connectivity index (χ2n) is 5.46. The predicted molar refractivity (Wildman–Crippen MR) is 114 cm³/mol. The third kappa shape index (κ3) is 7.60. The molecule has 2 N–H and O–H groups in total. The molecule has 0 bridgehead atoms. The highest BCUT2D eigenvalue weighted by molar-refractivity contribution is 6.31. The molecular weight excluding hydrogens is 395 g/mol. The number of para-hydroxylation sites is 1. The predicted octanol–water partition coefficient (Wildman–Crippen LogP) is 4.47. The van der Waals surface area contributed by atoms with Crippen LogP contribution < -0.4 is 20.1 Å². The van der Waals surface area contributed by atoms with Gasteiger partial charge in [0.15, 0.2) is 11.5 Å². The molecule has 146 valence electrons. The van der Waals surface area contributed by atoms with E-state index in [1.807, 2.05) is 43.4 Å². The van der Waals surface area contributed by atoms with E-state index in [4.69, 9.17) is 21.1 Å². The first kappa shape index (κ1) is 24.8. The maximum Gasteiger partial charge on any atom is 0.166 e. The molecule has 4 nitrogen and oxygen atoms in total. The fourth-order valence-corrected chi connectivity index (χ4v) is 2.59. The molecule has 0 saturated carbocycles. The van der Waals surface area contributed by atoms with Crippen molar-refractivity contribution in [1.82, 2.24) is 10.6 Å². The van der Waals surface area contributed by atoms with Crippen molar-refractivity contribution in [1.29, 1.82) is 0 Å². The Labute approximate surface area is 173 Å². The Morgan fingerprint density at radius 3 is 2.38 bits per heavy atom. The summed E-state index contributed by atoms with van der Waals surface area (Å²) < 4.78 is 11.5. The lowest BCUT2D eigenvalue weighted by Crippen LogP contribution is -2.19. The van der Waals surface area contributed by atoms with E-state index in [9.17, 15) is 0 Å². The van der Waals surface area contributed by atoms with Gasteiger partial charge in [-0.3, -0.25) is 0 Å². The van der Waals surface area contributed by atoms with Crippen molar-refractivity contribution in [2.24, 2.45) is 0 Å². The lowest BCUT2D eigenvalue weighted by atomic mass is 10.1. The molecule has 0 radical (unpaired) electrons. The lowest BCUT2D eigenvalue weighted by molar-refractivity contribution is 0.280. The molecule has 2 aromatic rings. The molecule has 0 aliphatic carbocycles. The molecule has 0 heterocycles. The first-order valence-corrected chi connectivity index (χ1v) is 8.51. The number of halogens is 3. The monoisotopic (exact) mass is 420 g/mol. The van der Waals surface area contributed by atoms with Crippen LogP contribution in [0.5, 0.6) is 11.5 Å². The van der Waals surface area contributed by atoms with Crippen LogP contribution in [0.15, 0.2) is 42.5 Å². The minimum Gasteiger partial charge on any atom is -0.493 e. The molecule has 2 rings (SSSR count). The summed E-state index contributed by atoms with van der Waals surface area (Å²) in [6.07, 6.45) is 1.08. The van der Waals surface area contributed by atoms with Crippen LogP contribution in [0.2, 0.25) is 5.02 Å². The maximum absolute atomic E-state index is 6.21. The second-order valence-corrected chi connectivity index (χ2v) is 5.87. The quantitative estimate of drug-likeness (QED) is 0.555. The molecule has 0 aliphatic rings. The molecular formula is C19H27Cl3N2O2. The average molecular weight is 422 g/mol. The zero-order chi connectivity index (χ0) is 17.2. The molecule has 0 aliphatic heterocycles. The van der Waals surface area contributed by atoms with E-state index >= 15 is 0 Å². The number of rotatable bonds is 10. The number of ether oxygens (including phenoxy) is 2. The van der Waals surface area contributed by atoms with E-state index in [0.29, 0.717) is 11.6 Å². The molecule has 0 atom stereocenters. The van der Waals surface area contributed by atoms with Crippen LogP contribution in [0.25, 0.3) is 0 Å². The van der Waals surface area contributed by atoms with Gasteiger partial charge in [0.2, 0.25) is 0 Å². The highest BCUT2D eigenvalue weighted by atomic mass is 35.5. The molecule has 7 heteroatoms. The zero-order valence-electron chi connectivity index (χ0n) is 15.1. The summed E-state index contributed by atoms with van der Waals surface area (Å²) in [5, 5.41) is 7.29. The molecule has 2 aromatic carbocycles. The lowest BCUT2D eigenvalue weighted by Gasteiger charge is -2.16. The molecule has 26 heavy (non-hydrogen) atoms. The van der Waals surface area contributed by atoms with Gasteiger partial charge in [-0.25, -0.2) is 0 Å². The highest BCUT2D eigenvalue weighted by Crippen LogP contribution is 2.32. The van der Waals surface area contributed by atoms with Gasteiger partial charge in [-0.05, 0) is 38.7 Å². The Morgan fingerprint density at radius 2 is 1.69 bits per heavy atom. The molecule has 0 fully saturated rings. The Kier molecular flexibility index (Phi) is 13.3. The molecule has 0 spiro atoms. The number of hydrogen-bond acceptors (Lipinski definition) is 4. The van der Waals surface area contributed by atoms with E-state index in [1.165, 1.54) is 0 Å². The van der Waals surface area contributed by atoms with Crippen molar-refractivity contribution < 1.29 is 9.47 Å². The van der Waals surface area contributed by atoms with Gasteiger partial charge in [0.25, 0.3) is 0 Å². The Morgan fingerprint density at radius 1 is 0.962 bits per heavy atom. The summed E-state index contributed by atoms with van der Waals surface area (Å²) in [6, 6.07) is 13.6. The van der Waals surface area contributed by atoms with Crippen LogP contribution >= 0.6 is 36.4 Å². The van der Waals surface area contributed by atoms with E-state index in [2.05, 4.69) is 16.7 Å². The van der Waals surface area contributed by atoms with Crippen LogP contribution in [0, 0.1) is 0 Å². The van der Waals surface area contributed by atoms with E-state index in [-0.39, 0.29) is 24.8 Å². The number of benzene rings is 2. The molecule has 0 saturated heterocycles. The molecule has 0 unspecified atom stereocenters. The van der Waals surface area contributed by atoms with Crippen molar-refractivity contribution in [3.05, 3.63) is 58.6 Å². The highest BCUT2D eigenvalue weighted by Gasteiger charge is 2.11. The van der Waals surface area contributed by atoms with Crippen molar-refractivity contribution in [2.45, 2.75) is 19.6 Å². The fraction of sp³-hybridized carbons (Fsp3) is 0.368. The normalized spacial score (nSPS) is 9.81. The number of nitrogens with one attached hydrogen (secondary N) is 2. The summed E-state index contributed by atoms with van der Waals surface area (Å²) in [7, 11) is 3.62. The summed E-state index contributed by atoms with van der Waals surface area (Å²) in [6.45, 7) is 3.09. The topological polar surface area (TPSA) is 42.5 Å². The smallest absolute Gasteiger partial charge is 0.166 e. The van der Waals surface area contributed by atoms with Crippen LogP contribution in [0.4, 0.5) is 0 Å². The van der Waals surface area contributed by atoms with Gasteiger partial charge >= 0.3 is 0 Å². The minimum atomic E-state index is 0. The summed E-state index contributed by atoms with van der Waals surface area (Å²) in [5.74, 6) is 1.50. The SMILES string of the molecule is CNCCCNCc1cccc(OC)c1OCc1ccccc1Cl.Cl.Cl. The summed E-state index contributed by atoms with van der Waals surface area (Å²) in [5.41, 5.74) is 2.03. The third-order valence-corrected chi connectivity index (χ3v) is 4.07. The van der Waals surface area contributed by atoms with Crippen molar-refractivity contribution in [3.8, 4) is 11.5 Å². The van der Waals surface area contributed by atoms with Crippen LogP contribution in [-0.2, 0) is 13.2 Å². The molecule has 0 aromatic heterocycles.